The van der Waals surface area contributed by atoms with Crippen LogP contribution in [0.1, 0.15) is 12.5 Å². The Labute approximate surface area is 102 Å². The van der Waals surface area contributed by atoms with Crippen LogP contribution in [0.5, 0.6) is 5.75 Å². The van der Waals surface area contributed by atoms with E-state index in [1.807, 2.05) is 0 Å². The highest BCUT2D eigenvalue weighted by atomic mass is 79.9. The van der Waals surface area contributed by atoms with Crippen LogP contribution in [0.4, 0.5) is 9.18 Å². The van der Waals surface area contributed by atoms with Gasteiger partial charge in [0.25, 0.3) is 4.82 Å². The van der Waals surface area contributed by atoms with E-state index < -0.39 is 0 Å². The summed E-state index contributed by atoms with van der Waals surface area (Å²) in [6.07, 6.45) is 0.584. The summed E-state index contributed by atoms with van der Waals surface area (Å²) in [6, 6.07) is 4.81. The largest absolute Gasteiger partial charge is 0.491 e. The number of rotatable bonds is 5. The van der Waals surface area contributed by atoms with Gasteiger partial charge < -0.3 is 10.1 Å². The van der Waals surface area contributed by atoms with Gasteiger partial charge in [0.15, 0.2) is 11.6 Å². The second-order valence-corrected chi connectivity index (χ2v) is 3.87. The van der Waals surface area contributed by atoms with E-state index in [1.54, 1.807) is 19.1 Å². The Balaban J connectivity index is 2.55. The number of amides is 1. The Bertz CT molecular complexity index is 371. The number of halogens is 2. The number of ether oxygens (including phenoxy) is 1. The molecule has 0 heterocycles. The van der Waals surface area contributed by atoms with Gasteiger partial charge in [-0.3, -0.25) is 4.79 Å². The number of benzene rings is 1. The van der Waals surface area contributed by atoms with Crippen molar-refractivity contribution in [2.24, 2.45) is 0 Å². The highest BCUT2D eigenvalue weighted by molar-refractivity contribution is 9.18. The zero-order valence-corrected chi connectivity index (χ0v) is 10.5. The summed E-state index contributed by atoms with van der Waals surface area (Å²) < 4.78 is 18.5. The predicted molar refractivity (Wildman–Crippen MR) is 63.6 cm³/mol. The second-order valence-electron chi connectivity index (χ2n) is 3.15. The molecule has 1 amide bonds. The summed E-state index contributed by atoms with van der Waals surface area (Å²) in [4.78, 5) is 10.3. The lowest BCUT2D eigenvalue weighted by Crippen LogP contribution is -2.19. The molecular weight excluding hydrogens is 277 g/mol. The van der Waals surface area contributed by atoms with Crippen molar-refractivity contribution >= 4 is 20.7 Å². The van der Waals surface area contributed by atoms with Crippen molar-refractivity contribution in [3.05, 3.63) is 29.6 Å². The summed E-state index contributed by atoms with van der Waals surface area (Å²) in [5.74, 6) is -0.111. The maximum absolute atomic E-state index is 13.4. The Morgan fingerprint density at radius 2 is 2.31 bits per heavy atom. The quantitative estimate of drug-likeness (QED) is 0.669. The molecule has 0 spiro atoms. The van der Waals surface area contributed by atoms with E-state index in [0.717, 1.165) is 5.56 Å². The third-order valence-electron chi connectivity index (χ3n) is 1.97. The van der Waals surface area contributed by atoms with Crippen molar-refractivity contribution in [1.29, 1.82) is 0 Å². The van der Waals surface area contributed by atoms with Gasteiger partial charge in [0.2, 0.25) is 0 Å². The van der Waals surface area contributed by atoms with Gasteiger partial charge in [-0.2, -0.15) is 0 Å². The van der Waals surface area contributed by atoms with Gasteiger partial charge in [0, 0.05) is 22.5 Å². The molecule has 88 valence electrons. The molecule has 5 heteroatoms. The van der Waals surface area contributed by atoms with Crippen LogP contribution in [-0.2, 0) is 6.42 Å². The van der Waals surface area contributed by atoms with Crippen LogP contribution < -0.4 is 10.1 Å². The first kappa shape index (κ1) is 13.0. The highest BCUT2D eigenvalue weighted by Gasteiger charge is 2.04. The van der Waals surface area contributed by atoms with Gasteiger partial charge in [0.1, 0.15) is 0 Å². The Morgan fingerprint density at radius 1 is 1.56 bits per heavy atom. The van der Waals surface area contributed by atoms with Crippen LogP contribution in [0.2, 0.25) is 0 Å². The molecule has 1 aromatic carbocycles. The minimum atomic E-state index is -0.371. The number of hydrogen-bond donors (Lipinski definition) is 1. The maximum atomic E-state index is 13.4. The zero-order chi connectivity index (χ0) is 12.0. The Hall–Kier alpha value is -1.10. The molecule has 1 rings (SSSR count). The van der Waals surface area contributed by atoms with Gasteiger partial charge in [-0.1, -0.05) is 6.07 Å². The Kier molecular flexibility index (Phi) is 5.25. The van der Waals surface area contributed by atoms with E-state index in [4.69, 9.17) is 4.74 Å². The number of nitrogens with one attached hydrogen (secondary N) is 1. The smallest absolute Gasteiger partial charge is 0.287 e. The van der Waals surface area contributed by atoms with E-state index in [9.17, 15) is 9.18 Å². The first-order chi connectivity index (χ1) is 7.63. The average Bonchev–Trinajstić information content (AvgIpc) is 2.21. The van der Waals surface area contributed by atoms with Crippen molar-refractivity contribution in [3.63, 3.8) is 0 Å². The Morgan fingerprint density at radius 3 is 2.88 bits per heavy atom. The van der Waals surface area contributed by atoms with E-state index in [0.29, 0.717) is 19.6 Å². The molecule has 0 saturated carbocycles. The topological polar surface area (TPSA) is 38.3 Å². The fourth-order valence-corrected chi connectivity index (χ4v) is 1.48. The molecule has 0 saturated heterocycles. The van der Waals surface area contributed by atoms with Crippen LogP contribution in [-0.4, -0.2) is 18.0 Å². The summed E-state index contributed by atoms with van der Waals surface area (Å²) in [5, 5.41) is 2.58. The molecule has 0 bridgehead atoms. The first-order valence-corrected chi connectivity index (χ1v) is 5.77. The molecule has 0 aliphatic rings. The van der Waals surface area contributed by atoms with Crippen molar-refractivity contribution in [3.8, 4) is 5.75 Å². The number of hydrogen-bond acceptors (Lipinski definition) is 2. The van der Waals surface area contributed by atoms with E-state index in [2.05, 4.69) is 21.2 Å². The van der Waals surface area contributed by atoms with Crippen molar-refractivity contribution in [2.45, 2.75) is 13.3 Å². The minimum absolute atomic E-state index is 0.260. The van der Waals surface area contributed by atoms with Gasteiger partial charge >= 0.3 is 0 Å². The number of carbonyl (C=O) groups is 1. The molecule has 0 aromatic heterocycles. The molecule has 1 aromatic rings. The fraction of sp³-hybridized carbons (Fsp3) is 0.364. The molecule has 0 aliphatic carbocycles. The van der Waals surface area contributed by atoms with Crippen LogP contribution in [0, 0.1) is 5.82 Å². The minimum Gasteiger partial charge on any atom is -0.491 e. The normalized spacial score (nSPS) is 9.94. The van der Waals surface area contributed by atoms with Crippen LogP contribution >= 0.6 is 15.9 Å². The summed E-state index contributed by atoms with van der Waals surface area (Å²) >= 11 is 2.75. The van der Waals surface area contributed by atoms with Gasteiger partial charge in [-0.15, -0.1) is 0 Å². The van der Waals surface area contributed by atoms with Crippen LogP contribution in [0.15, 0.2) is 18.2 Å². The standard InChI is InChI=1S/C11H13BrFNO2/c1-2-16-10-4-3-8(7-9(10)13)5-6-14-11(12)15/h3-4,7H,2,5-6H2,1H3,(H,14,15). The zero-order valence-electron chi connectivity index (χ0n) is 8.93. The van der Waals surface area contributed by atoms with Gasteiger partial charge in [-0.25, -0.2) is 4.39 Å². The number of carbonyl (C=O) groups excluding carboxylic acids is 1. The summed E-state index contributed by atoms with van der Waals surface area (Å²) in [7, 11) is 0. The van der Waals surface area contributed by atoms with Gasteiger partial charge in [-0.05, 0) is 31.0 Å². The highest BCUT2D eigenvalue weighted by Crippen LogP contribution is 2.18. The molecule has 0 unspecified atom stereocenters. The van der Waals surface area contributed by atoms with E-state index in [-0.39, 0.29) is 16.4 Å². The molecule has 0 fully saturated rings. The van der Waals surface area contributed by atoms with Crippen LogP contribution in [0.3, 0.4) is 0 Å². The summed E-state index contributed by atoms with van der Waals surface area (Å²) in [5.41, 5.74) is 0.821. The monoisotopic (exact) mass is 289 g/mol. The molecule has 16 heavy (non-hydrogen) atoms. The molecule has 1 N–H and O–H groups in total. The molecule has 3 nitrogen and oxygen atoms in total. The maximum Gasteiger partial charge on any atom is 0.287 e. The van der Waals surface area contributed by atoms with Crippen molar-refractivity contribution in [2.75, 3.05) is 13.2 Å². The van der Waals surface area contributed by atoms with E-state index in [1.165, 1.54) is 6.07 Å². The second kappa shape index (κ2) is 6.48. The van der Waals surface area contributed by atoms with Crippen molar-refractivity contribution < 1.29 is 13.9 Å². The van der Waals surface area contributed by atoms with Crippen molar-refractivity contribution in [1.82, 2.24) is 5.32 Å². The fourth-order valence-electron chi connectivity index (χ4n) is 1.28. The molecule has 0 atom stereocenters. The first-order valence-electron chi connectivity index (χ1n) is 4.98. The third kappa shape index (κ3) is 4.18. The third-order valence-corrected chi connectivity index (χ3v) is 2.25. The van der Waals surface area contributed by atoms with E-state index >= 15 is 0 Å². The lowest BCUT2D eigenvalue weighted by molar-refractivity contribution is 0.262. The molecule has 0 aliphatic heterocycles. The van der Waals surface area contributed by atoms with Crippen LogP contribution in [0.25, 0.3) is 0 Å². The SMILES string of the molecule is CCOc1ccc(CCNC(=O)Br)cc1F. The lowest BCUT2D eigenvalue weighted by Gasteiger charge is -2.06. The predicted octanol–water partition coefficient (Wildman–Crippen LogP) is 2.87. The summed E-state index contributed by atoms with van der Waals surface area (Å²) in [6.45, 7) is 2.71. The lowest BCUT2D eigenvalue weighted by atomic mass is 10.1. The van der Waals surface area contributed by atoms with Gasteiger partial charge in [0.05, 0.1) is 6.61 Å². The molecule has 0 radical (unpaired) electrons. The average molecular weight is 290 g/mol. The molecular formula is C11H13BrFNO2.